The summed E-state index contributed by atoms with van der Waals surface area (Å²) in [6.45, 7) is 2.66. The van der Waals surface area contributed by atoms with Gasteiger partial charge in [-0.05, 0) is 92.2 Å². The highest BCUT2D eigenvalue weighted by Gasteiger charge is 2.53. The van der Waals surface area contributed by atoms with Gasteiger partial charge in [0.2, 0.25) is 5.91 Å². The first kappa shape index (κ1) is 18.7. The van der Waals surface area contributed by atoms with Crippen LogP contribution >= 0.6 is 11.3 Å². The number of hydrogen-bond acceptors (Lipinski definition) is 2. The molecule has 0 radical (unpaired) electrons. The smallest absolute Gasteiger partial charge is 0.240 e. The normalized spacial score (nSPS) is 30.6. The Kier molecular flexibility index (Phi) is 4.35. The highest BCUT2D eigenvalue weighted by molar-refractivity contribution is 7.13. The lowest BCUT2D eigenvalue weighted by molar-refractivity contribution is -0.126. The largest absolute Gasteiger partial charge is 0.352 e. The summed E-state index contributed by atoms with van der Waals surface area (Å²) in [5, 5.41) is 6.76. The lowest BCUT2D eigenvalue weighted by Gasteiger charge is -2.59. The molecule has 4 fully saturated rings. The van der Waals surface area contributed by atoms with Crippen LogP contribution in [0.3, 0.4) is 0 Å². The molecule has 3 aromatic rings. The number of benzene rings is 1. The van der Waals surface area contributed by atoms with E-state index in [0.717, 1.165) is 29.0 Å². The molecule has 0 aliphatic heterocycles. The number of nitrogens with zero attached hydrogens (tertiary/aromatic N) is 1. The maximum Gasteiger partial charge on any atom is 0.240 e. The number of carbonyl (C=O) groups excluding carboxylic acids is 1. The Bertz CT molecular complexity index is 1040. The van der Waals surface area contributed by atoms with Crippen molar-refractivity contribution in [2.45, 2.75) is 58.0 Å². The summed E-state index contributed by atoms with van der Waals surface area (Å²) in [6, 6.07) is 15.1. The Balaban J connectivity index is 1.25. The molecule has 1 N–H and O–H groups in total. The van der Waals surface area contributed by atoms with E-state index in [1.54, 1.807) is 11.3 Å². The molecule has 3 nitrogen and oxygen atoms in total. The van der Waals surface area contributed by atoms with Gasteiger partial charge in [0.05, 0.1) is 10.6 Å². The van der Waals surface area contributed by atoms with E-state index in [2.05, 4.69) is 64.7 Å². The standard InChI is InChI=1S/C26H30N2OS/c1-17(26-13-18-9-19(14-26)11-20(10-18)15-26)27-25(29)16-28-22-6-3-2-5-21(22)12-23(28)24-7-4-8-30-24/h2-8,12,17-20H,9-11,13-16H2,1H3,(H,27,29). The average molecular weight is 419 g/mol. The van der Waals surface area contributed by atoms with Gasteiger partial charge in [-0.25, -0.2) is 0 Å². The van der Waals surface area contributed by atoms with Gasteiger partial charge in [0.25, 0.3) is 0 Å². The van der Waals surface area contributed by atoms with Crippen LogP contribution in [0.25, 0.3) is 21.5 Å². The molecule has 2 heterocycles. The van der Waals surface area contributed by atoms with Crippen molar-refractivity contribution in [2.24, 2.45) is 23.2 Å². The third-order valence-corrected chi connectivity index (χ3v) is 9.16. The molecule has 1 unspecified atom stereocenters. The third kappa shape index (κ3) is 3.03. The maximum atomic E-state index is 13.3. The van der Waals surface area contributed by atoms with Crippen LogP contribution in [0, 0.1) is 23.2 Å². The van der Waals surface area contributed by atoms with E-state index in [1.165, 1.54) is 48.8 Å². The molecule has 1 aromatic carbocycles. The molecule has 0 spiro atoms. The van der Waals surface area contributed by atoms with E-state index in [0.29, 0.717) is 12.0 Å². The second-order valence-electron chi connectivity index (χ2n) is 10.2. The summed E-state index contributed by atoms with van der Waals surface area (Å²) in [7, 11) is 0. The Morgan fingerprint density at radius 1 is 1.10 bits per heavy atom. The first-order chi connectivity index (χ1) is 14.6. The molecule has 4 saturated carbocycles. The van der Waals surface area contributed by atoms with E-state index < -0.39 is 0 Å². The van der Waals surface area contributed by atoms with Crippen LogP contribution in [0.1, 0.15) is 45.4 Å². The minimum atomic E-state index is 0.150. The molecule has 0 saturated heterocycles. The number of carbonyl (C=O) groups is 1. The number of hydrogen-bond donors (Lipinski definition) is 1. The van der Waals surface area contributed by atoms with E-state index in [1.807, 2.05) is 0 Å². The second-order valence-corrected chi connectivity index (χ2v) is 11.2. The minimum Gasteiger partial charge on any atom is -0.352 e. The SMILES string of the molecule is CC(NC(=O)Cn1c(-c2cccs2)cc2ccccc21)C12CC3CC(CC(C3)C1)C2. The highest BCUT2D eigenvalue weighted by atomic mass is 32.1. The van der Waals surface area contributed by atoms with E-state index in [-0.39, 0.29) is 11.9 Å². The molecule has 4 aliphatic rings. The first-order valence-electron chi connectivity index (χ1n) is 11.5. The number of fused-ring (bicyclic) bond motifs is 1. The fourth-order valence-electron chi connectivity index (χ4n) is 7.30. The zero-order chi connectivity index (χ0) is 20.3. The van der Waals surface area contributed by atoms with Gasteiger partial charge in [0.1, 0.15) is 6.54 Å². The molecule has 30 heavy (non-hydrogen) atoms. The molecular weight excluding hydrogens is 388 g/mol. The van der Waals surface area contributed by atoms with Crippen LogP contribution in [0.5, 0.6) is 0 Å². The van der Waals surface area contributed by atoms with Gasteiger partial charge in [0.15, 0.2) is 0 Å². The van der Waals surface area contributed by atoms with E-state index >= 15 is 0 Å². The fourth-order valence-corrected chi connectivity index (χ4v) is 8.05. The molecule has 4 bridgehead atoms. The Labute approximate surface area is 182 Å². The van der Waals surface area contributed by atoms with Crippen LogP contribution < -0.4 is 5.32 Å². The predicted octanol–water partition coefficient (Wildman–Crippen LogP) is 6.09. The summed E-state index contributed by atoms with van der Waals surface area (Å²) < 4.78 is 2.20. The van der Waals surface area contributed by atoms with Crippen LogP contribution in [0.2, 0.25) is 0 Å². The monoisotopic (exact) mass is 418 g/mol. The lowest BCUT2D eigenvalue weighted by atomic mass is 9.48. The molecule has 2 aromatic heterocycles. The molecule has 4 heteroatoms. The van der Waals surface area contributed by atoms with Gasteiger partial charge in [-0.2, -0.15) is 0 Å². The van der Waals surface area contributed by atoms with Crippen molar-refractivity contribution < 1.29 is 4.79 Å². The second kappa shape index (κ2) is 6.98. The van der Waals surface area contributed by atoms with Gasteiger partial charge in [-0.15, -0.1) is 11.3 Å². The maximum absolute atomic E-state index is 13.3. The molecule has 4 aliphatic carbocycles. The highest BCUT2D eigenvalue weighted by Crippen LogP contribution is 2.61. The van der Waals surface area contributed by atoms with Crippen molar-refractivity contribution in [3.63, 3.8) is 0 Å². The van der Waals surface area contributed by atoms with Gasteiger partial charge in [-0.3, -0.25) is 4.79 Å². The quantitative estimate of drug-likeness (QED) is 0.534. The third-order valence-electron chi connectivity index (χ3n) is 8.27. The summed E-state index contributed by atoms with van der Waals surface area (Å²) in [5.74, 6) is 2.88. The lowest BCUT2D eigenvalue weighted by Crippen LogP contribution is -2.56. The van der Waals surface area contributed by atoms with Crippen molar-refractivity contribution in [1.29, 1.82) is 0 Å². The minimum absolute atomic E-state index is 0.150. The molecule has 156 valence electrons. The molecule has 7 rings (SSSR count). The average Bonchev–Trinajstić information content (AvgIpc) is 3.35. The number of rotatable bonds is 5. The van der Waals surface area contributed by atoms with Crippen LogP contribution in [0.15, 0.2) is 47.8 Å². The fraction of sp³-hybridized carbons (Fsp3) is 0.500. The first-order valence-corrected chi connectivity index (χ1v) is 12.4. The molecular formula is C26H30N2OS. The Morgan fingerprint density at radius 3 is 2.47 bits per heavy atom. The Hall–Kier alpha value is -2.07. The van der Waals surface area contributed by atoms with Crippen molar-refractivity contribution in [3.05, 3.63) is 47.8 Å². The summed E-state index contributed by atoms with van der Waals surface area (Å²) in [5.41, 5.74) is 2.63. The number of nitrogens with one attached hydrogen (secondary N) is 1. The van der Waals surface area contributed by atoms with Crippen molar-refractivity contribution in [2.75, 3.05) is 0 Å². The van der Waals surface area contributed by atoms with Crippen LogP contribution in [-0.2, 0) is 11.3 Å². The van der Waals surface area contributed by atoms with Gasteiger partial charge in [0, 0.05) is 16.9 Å². The number of thiophene rings is 1. The van der Waals surface area contributed by atoms with Gasteiger partial charge < -0.3 is 9.88 Å². The van der Waals surface area contributed by atoms with Crippen LogP contribution in [0.4, 0.5) is 0 Å². The van der Waals surface area contributed by atoms with Crippen molar-refractivity contribution in [3.8, 4) is 10.6 Å². The predicted molar refractivity (Wildman–Crippen MR) is 123 cm³/mol. The van der Waals surface area contributed by atoms with Crippen LogP contribution in [-0.4, -0.2) is 16.5 Å². The van der Waals surface area contributed by atoms with Gasteiger partial charge >= 0.3 is 0 Å². The molecule has 1 atom stereocenters. The number of aromatic nitrogens is 1. The zero-order valence-electron chi connectivity index (χ0n) is 17.6. The number of para-hydroxylation sites is 1. The van der Waals surface area contributed by atoms with Gasteiger partial charge in [-0.1, -0.05) is 24.3 Å². The summed E-state index contributed by atoms with van der Waals surface area (Å²) in [6.07, 6.45) is 8.31. The number of amides is 1. The summed E-state index contributed by atoms with van der Waals surface area (Å²) in [4.78, 5) is 14.5. The zero-order valence-corrected chi connectivity index (χ0v) is 18.5. The van der Waals surface area contributed by atoms with Crippen molar-refractivity contribution >= 4 is 28.1 Å². The topological polar surface area (TPSA) is 34.0 Å². The van der Waals surface area contributed by atoms with E-state index in [9.17, 15) is 4.79 Å². The van der Waals surface area contributed by atoms with E-state index in [4.69, 9.17) is 0 Å². The Morgan fingerprint density at radius 2 is 1.80 bits per heavy atom. The molecule has 1 amide bonds. The van der Waals surface area contributed by atoms with Crippen molar-refractivity contribution in [1.82, 2.24) is 9.88 Å². The summed E-state index contributed by atoms with van der Waals surface area (Å²) >= 11 is 1.73.